The maximum Gasteiger partial charge on any atom is 0.416 e. The molecule has 4 aromatic rings. The standard InChI is InChI=1S/C21H12F3NO2S/c22-21(23,24)13-7-5-12(6-8-13)20(27)25-14-9-10-18-16(11-14)19(26)15-3-1-2-4-17(15)28-18/h1-11H,(H,25,27). The highest BCUT2D eigenvalue weighted by Gasteiger charge is 2.30. The second kappa shape index (κ2) is 6.76. The minimum absolute atomic E-state index is 0.0942. The fraction of sp³-hybridized carbons (Fsp3) is 0.0476. The first-order chi connectivity index (χ1) is 13.3. The van der Waals surface area contributed by atoms with E-state index in [-0.39, 0.29) is 11.0 Å². The molecule has 0 aliphatic heterocycles. The summed E-state index contributed by atoms with van der Waals surface area (Å²) >= 11 is 1.47. The number of halogens is 3. The molecule has 0 spiro atoms. The zero-order valence-electron chi connectivity index (χ0n) is 14.2. The smallest absolute Gasteiger partial charge is 0.322 e. The van der Waals surface area contributed by atoms with Gasteiger partial charge in [0, 0.05) is 31.4 Å². The van der Waals surface area contributed by atoms with Crippen molar-refractivity contribution >= 4 is 43.1 Å². The lowest BCUT2D eigenvalue weighted by molar-refractivity contribution is -0.137. The highest BCUT2D eigenvalue weighted by Crippen LogP contribution is 2.29. The zero-order valence-corrected chi connectivity index (χ0v) is 15.0. The molecule has 7 heteroatoms. The Kier molecular flexibility index (Phi) is 4.39. The Bertz CT molecular complexity index is 1260. The highest BCUT2D eigenvalue weighted by atomic mass is 32.1. The number of alkyl halides is 3. The number of fused-ring (bicyclic) bond motifs is 2. The van der Waals surface area contributed by atoms with Crippen LogP contribution in [0.25, 0.3) is 20.2 Å². The van der Waals surface area contributed by atoms with Crippen molar-refractivity contribution in [3.63, 3.8) is 0 Å². The summed E-state index contributed by atoms with van der Waals surface area (Å²) in [5.74, 6) is -0.551. The van der Waals surface area contributed by atoms with Gasteiger partial charge in [-0.2, -0.15) is 13.2 Å². The van der Waals surface area contributed by atoms with Gasteiger partial charge in [0.15, 0.2) is 5.43 Å². The number of rotatable bonds is 2. The van der Waals surface area contributed by atoms with Crippen LogP contribution in [0.1, 0.15) is 15.9 Å². The lowest BCUT2D eigenvalue weighted by Gasteiger charge is -2.09. The molecule has 3 aromatic carbocycles. The fourth-order valence-electron chi connectivity index (χ4n) is 2.89. The van der Waals surface area contributed by atoms with Crippen molar-refractivity contribution in [2.45, 2.75) is 6.18 Å². The van der Waals surface area contributed by atoms with E-state index in [0.29, 0.717) is 16.5 Å². The lowest BCUT2D eigenvalue weighted by Crippen LogP contribution is -2.13. The van der Waals surface area contributed by atoms with Crippen LogP contribution >= 0.6 is 11.3 Å². The Morgan fingerprint density at radius 1 is 0.857 bits per heavy atom. The fourth-order valence-corrected chi connectivity index (χ4v) is 3.95. The summed E-state index contributed by atoms with van der Waals surface area (Å²) in [6, 6.07) is 16.2. The van der Waals surface area contributed by atoms with Gasteiger partial charge in [-0.1, -0.05) is 12.1 Å². The van der Waals surface area contributed by atoms with Crippen molar-refractivity contribution < 1.29 is 18.0 Å². The summed E-state index contributed by atoms with van der Waals surface area (Å²) in [7, 11) is 0. The van der Waals surface area contributed by atoms with Gasteiger partial charge in [-0.05, 0) is 54.6 Å². The van der Waals surface area contributed by atoms with Crippen LogP contribution < -0.4 is 10.7 Å². The van der Waals surface area contributed by atoms with E-state index in [1.165, 1.54) is 11.3 Å². The molecule has 0 saturated carbocycles. The number of hydrogen-bond acceptors (Lipinski definition) is 3. The molecule has 1 amide bonds. The summed E-state index contributed by atoms with van der Waals surface area (Å²) in [5.41, 5.74) is -0.456. The Balaban J connectivity index is 1.66. The van der Waals surface area contributed by atoms with Crippen molar-refractivity contribution in [1.29, 1.82) is 0 Å². The van der Waals surface area contributed by atoms with E-state index in [1.54, 1.807) is 30.3 Å². The number of anilines is 1. The molecule has 0 saturated heterocycles. The molecule has 0 aliphatic carbocycles. The molecule has 0 radical (unpaired) electrons. The molecule has 4 rings (SSSR count). The third-order valence-corrected chi connectivity index (χ3v) is 5.46. The van der Waals surface area contributed by atoms with Gasteiger partial charge in [-0.25, -0.2) is 0 Å². The van der Waals surface area contributed by atoms with Crippen LogP contribution in [-0.2, 0) is 6.18 Å². The van der Waals surface area contributed by atoms with Crippen LogP contribution in [-0.4, -0.2) is 5.91 Å². The Morgan fingerprint density at radius 2 is 1.54 bits per heavy atom. The average molecular weight is 399 g/mol. The summed E-state index contributed by atoms with van der Waals surface area (Å²) in [4.78, 5) is 25.1. The van der Waals surface area contributed by atoms with E-state index in [2.05, 4.69) is 5.32 Å². The molecule has 1 heterocycles. The normalized spacial score (nSPS) is 11.7. The molecule has 0 aliphatic rings. The summed E-state index contributed by atoms with van der Waals surface area (Å²) in [5, 5.41) is 3.71. The monoisotopic (exact) mass is 399 g/mol. The summed E-state index contributed by atoms with van der Waals surface area (Å²) < 4.78 is 39.6. The Hall–Kier alpha value is -3.19. The Labute approximate surface area is 161 Å². The van der Waals surface area contributed by atoms with Gasteiger partial charge in [-0.3, -0.25) is 9.59 Å². The molecular weight excluding hydrogens is 387 g/mol. The van der Waals surface area contributed by atoms with Crippen molar-refractivity contribution in [3.05, 3.63) is 88.1 Å². The van der Waals surface area contributed by atoms with Gasteiger partial charge in [0.05, 0.1) is 5.56 Å². The van der Waals surface area contributed by atoms with E-state index >= 15 is 0 Å². The third kappa shape index (κ3) is 3.36. The second-order valence-electron chi connectivity index (χ2n) is 6.17. The van der Waals surface area contributed by atoms with E-state index in [9.17, 15) is 22.8 Å². The number of benzene rings is 3. The van der Waals surface area contributed by atoms with Crippen molar-refractivity contribution in [2.75, 3.05) is 5.32 Å². The van der Waals surface area contributed by atoms with Gasteiger partial charge in [-0.15, -0.1) is 11.3 Å². The lowest BCUT2D eigenvalue weighted by atomic mass is 10.1. The minimum Gasteiger partial charge on any atom is -0.322 e. The highest BCUT2D eigenvalue weighted by molar-refractivity contribution is 7.24. The molecule has 28 heavy (non-hydrogen) atoms. The van der Waals surface area contributed by atoms with Crippen LogP contribution in [0.5, 0.6) is 0 Å². The summed E-state index contributed by atoms with van der Waals surface area (Å²) in [6.45, 7) is 0. The van der Waals surface area contributed by atoms with Gasteiger partial charge < -0.3 is 5.32 Å². The number of nitrogens with one attached hydrogen (secondary N) is 1. The molecule has 140 valence electrons. The number of amides is 1. The molecule has 1 N–H and O–H groups in total. The molecule has 0 fully saturated rings. The van der Waals surface area contributed by atoms with Crippen LogP contribution in [0.15, 0.2) is 71.5 Å². The predicted molar refractivity (Wildman–Crippen MR) is 105 cm³/mol. The molecule has 1 aromatic heterocycles. The van der Waals surface area contributed by atoms with E-state index in [0.717, 1.165) is 33.7 Å². The van der Waals surface area contributed by atoms with Gasteiger partial charge in [0.25, 0.3) is 5.91 Å². The Morgan fingerprint density at radius 3 is 2.25 bits per heavy atom. The van der Waals surface area contributed by atoms with Crippen molar-refractivity contribution in [3.8, 4) is 0 Å². The second-order valence-corrected chi connectivity index (χ2v) is 7.25. The number of hydrogen-bond donors (Lipinski definition) is 1. The zero-order chi connectivity index (χ0) is 19.9. The van der Waals surface area contributed by atoms with E-state index in [4.69, 9.17) is 0 Å². The molecular formula is C21H12F3NO2S. The van der Waals surface area contributed by atoms with Crippen LogP contribution in [0.4, 0.5) is 18.9 Å². The van der Waals surface area contributed by atoms with Crippen LogP contribution in [0.3, 0.4) is 0 Å². The van der Waals surface area contributed by atoms with E-state index < -0.39 is 17.6 Å². The third-order valence-electron chi connectivity index (χ3n) is 4.31. The molecule has 3 nitrogen and oxygen atoms in total. The maximum absolute atomic E-state index is 12.7. The molecule has 0 unspecified atom stereocenters. The SMILES string of the molecule is O=C(Nc1ccc2sc3ccccc3c(=O)c2c1)c1ccc(C(F)(F)F)cc1. The summed E-state index contributed by atoms with van der Waals surface area (Å²) in [6.07, 6.45) is -4.46. The van der Waals surface area contributed by atoms with Crippen LogP contribution in [0.2, 0.25) is 0 Å². The maximum atomic E-state index is 12.7. The molecule has 0 bridgehead atoms. The number of carbonyl (C=O) groups is 1. The molecule has 0 atom stereocenters. The average Bonchev–Trinajstić information content (AvgIpc) is 2.68. The topological polar surface area (TPSA) is 46.2 Å². The largest absolute Gasteiger partial charge is 0.416 e. The predicted octanol–water partition coefficient (Wildman–Crippen LogP) is 5.69. The van der Waals surface area contributed by atoms with Crippen molar-refractivity contribution in [1.82, 2.24) is 0 Å². The first kappa shape index (κ1) is 18.2. The first-order valence-electron chi connectivity index (χ1n) is 8.27. The van der Waals surface area contributed by atoms with Gasteiger partial charge in [0.2, 0.25) is 0 Å². The minimum atomic E-state index is -4.46. The van der Waals surface area contributed by atoms with Gasteiger partial charge >= 0.3 is 6.18 Å². The number of carbonyl (C=O) groups excluding carboxylic acids is 1. The van der Waals surface area contributed by atoms with Crippen molar-refractivity contribution in [2.24, 2.45) is 0 Å². The first-order valence-corrected chi connectivity index (χ1v) is 9.09. The van der Waals surface area contributed by atoms with Crippen LogP contribution in [0, 0.1) is 0 Å². The van der Waals surface area contributed by atoms with Gasteiger partial charge in [0.1, 0.15) is 0 Å². The quantitative estimate of drug-likeness (QED) is 0.441. The van der Waals surface area contributed by atoms with E-state index in [1.807, 2.05) is 12.1 Å².